The molecule has 0 amide bonds. The summed E-state index contributed by atoms with van der Waals surface area (Å²) < 4.78 is 0. The molecule has 2 N–H and O–H groups in total. The highest BCUT2D eigenvalue weighted by atomic mass is 15.1. The van der Waals surface area contributed by atoms with Crippen molar-refractivity contribution in [3.8, 4) is 0 Å². The van der Waals surface area contributed by atoms with Gasteiger partial charge in [-0.1, -0.05) is 18.6 Å². The highest BCUT2D eigenvalue weighted by Gasteiger charge is 2.41. The van der Waals surface area contributed by atoms with Crippen LogP contribution in [0.15, 0.2) is 24.3 Å². The summed E-state index contributed by atoms with van der Waals surface area (Å²) in [5.41, 5.74) is 7.95. The van der Waals surface area contributed by atoms with Gasteiger partial charge in [0.25, 0.3) is 0 Å². The van der Waals surface area contributed by atoms with Crippen LogP contribution >= 0.6 is 0 Å². The van der Waals surface area contributed by atoms with Crippen LogP contribution in [0.5, 0.6) is 0 Å². The highest BCUT2D eigenvalue weighted by molar-refractivity contribution is 5.39. The SMILES string of the molecule is CN(Cc1ccc(N)cc1)C1CC2CCC1C2. The van der Waals surface area contributed by atoms with Crippen LogP contribution in [0.25, 0.3) is 0 Å². The van der Waals surface area contributed by atoms with Gasteiger partial charge < -0.3 is 5.73 Å². The van der Waals surface area contributed by atoms with Gasteiger partial charge in [0.2, 0.25) is 0 Å². The minimum atomic E-state index is 0.825. The van der Waals surface area contributed by atoms with Crippen molar-refractivity contribution >= 4 is 5.69 Å². The lowest BCUT2D eigenvalue weighted by atomic mass is 9.94. The van der Waals surface area contributed by atoms with E-state index in [2.05, 4.69) is 24.1 Å². The molecule has 2 nitrogen and oxygen atoms in total. The molecule has 2 aliphatic carbocycles. The average molecular weight is 230 g/mol. The molecule has 0 spiro atoms. The Morgan fingerprint density at radius 2 is 1.94 bits per heavy atom. The summed E-state index contributed by atoms with van der Waals surface area (Å²) in [4.78, 5) is 2.55. The topological polar surface area (TPSA) is 29.3 Å². The maximum Gasteiger partial charge on any atom is 0.0314 e. The highest BCUT2D eigenvalue weighted by Crippen LogP contribution is 2.46. The molecule has 0 aromatic heterocycles. The predicted octanol–water partition coefficient (Wildman–Crippen LogP) is 2.89. The molecule has 2 heteroatoms. The minimum absolute atomic E-state index is 0.825. The van der Waals surface area contributed by atoms with Crippen LogP contribution < -0.4 is 5.73 Å². The van der Waals surface area contributed by atoms with E-state index in [9.17, 15) is 0 Å². The zero-order chi connectivity index (χ0) is 11.8. The Kier molecular flexibility index (Phi) is 2.83. The van der Waals surface area contributed by atoms with Crippen molar-refractivity contribution in [3.05, 3.63) is 29.8 Å². The van der Waals surface area contributed by atoms with E-state index in [1.54, 1.807) is 0 Å². The zero-order valence-electron chi connectivity index (χ0n) is 10.6. The van der Waals surface area contributed by atoms with E-state index in [0.29, 0.717) is 0 Å². The van der Waals surface area contributed by atoms with Gasteiger partial charge in [-0.15, -0.1) is 0 Å². The van der Waals surface area contributed by atoms with E-state index in [0.717, 1.165) is 30.1 Å². The van der Waals surface area contributed by atoms with E-state index in [1.165, 1.54) is 31.2 Å². The molecule has 3 rings (SSSR count). The van der Waals surface area contributed by atoms with Crippen molar-refractivity contribution in [2.24, 2.45) is 11.8 Å². The predicted molar refractivity (Wildman–Crippen MR) is 71.6 cm³/mol. The molecule has 17 heavy (non-hydrogen) atoms. The first-order chi connectivity index (χ1) is 8.22. The maximum atomic E-state index is 5.72. The van der Waals surface area contributed by atoms with Crippen LogP contribution in [0.3, 0.4) is 0 Å². The average Bonchev–Trinajstić information content (AvgIpc) is 2.94. The second-order valence-electron chi connectivity index (χ2n) is 5.90. The van der Waals surface area contributed by atoms with E-state index in [4.69, 9.17) is 5.73 Å². The smallest absolute Gasteiger partial charge is 0.0314 e. The van der Waals surface area contributed by atoms with Crippen molar-refractivity contribution in [3.63, 3.8) is 0 Å². The molecule has 92 valence electrons. The summed E-state index contributed by atoms with van der Waals surface area (Å²) in [5.74, 6) is 2.00. The summed E-state index contributed by atoms with van der Waals surface area (Å²) in [6.45, 7) is 1.06. The van der Waals surface area contributed by atoms with Crippen molar-refractivity contribution in [1.82, 2.24) is 4.90 Å². The molecule has 3 unspecified atom stereocenters. The van der Waals surface area contributed by atoms with Gasteiger partial charge in [-0.25, -0.2) is 0 Å². The number of hydrogen-bond acceptors (Lipinski definition) is 2. The van der Waals surface area contributed by atoms with Crippen molar-refractivity contribution in [2.75, 3.05) is 12.8 Å². The third kappa shape index (κ3) is 2.19. The largest absolute Gasteiger partial charge is 0.399 e. The molecular formula is C15H22N2. The summed E-state index contributed by atoms with van der Waals surface area (Å²) in [6.07, 6.45) is 5.85. The Hall–Kier alpha value is -1.02. The molecule has 0 saturated heterocycles. The summed E-state index contributed by atoms with van der Waals surface area (Å²) in [6, 6.07) is 9.14. The molecule has 0 radical (unpaired) electrons. The Morgan fingerprint density at radius 3 is 2.53 bits per heavy atom. The zero-order valence-corrected chi connectivity index (χ0v) is 10.6. The van der Waals surface area contributed by atoms with Crippen LogP contribution in [0.4, 0.5) is 5.69 Å². The first-order valence-corrected chi connectivity index (χ1v) is 6.77. The third-order valence-electron chi connectivity index (χ3n) is 4.68. The second kappa shape index (κ2) is 4.34. The molecule has 0 aliphatic heterocycles. The molecular weight excluding hydrogens is 208 g/mol. The standard InChI is InChI=1S/C15H22N2/c1-17(10-11-3-6-14(16)7-4-11)15-9-12-2-5-13(15)8-12/h3-4,6-7,12-13,15H,2,5,8-10,16H2,1H3. The molecule has 1 aromatic rings. The van der Waals surface area contributed by atoms with Gasteiger partial charge in [0, 0.05) is 18.3 Å². The van der Waals surface area contributed by atoms with Gasteiger partial charge in [0.15, 0.2) is 0 Å². The van der Waals surface area contributed by atoms with E-state index < -0.39 is 0 Å². The number of nitrogens with zero attached hydrogens (tertiary/aromatic N) is 1. The normalized spacial score (nSPS) is 31.3. The number of fused-ring (bicyclic) bond motifs is 2. The number of nitrogens with two attached hydrogens (primary N) is 1. The molecule has 2 saturated carbocycles. The summed E-state index contributed by atoms with van der Waals surface area (Å²) in [5, 5.41) is 0. The maximum absolute atomic E-state index is 5.72. The Labute approximate surface area is 104 Å². The van der Waals surface area contributed by atoms with E-state index in [1.807, 2.05) is 12.1 Å². The van der Waals surface area contributed by atoms with Crippen LogP contribution in [-0.4, -0.2) is 18.0 Å². The van der Waals surface area contributed by atoms with Gasteiger partial charge in [-0.2, -0.15) is 0 Å². The fourth-order valence-electron chi connectivity index (χ4n) is 3.78. The van der Waals surface area contributed by atoms with Gasteiger partial charge in [-0.3, -0.25) is 4.90 Å². The lowest BCUT2D eigenvalue weighted by Crippen LogP contribution is -2.35. The number of hydrogen-bond donors (Lipinski definition) is 1. The monoisotopic (exact) mass is 230 g/mol. The Morgan fingerprint density at radius 1 is 1.18 bits per heavy atom. The first kappa shape index (κ1) is 11.1. The van der Waals surface area contributed by atoms with Gasteiger partial charge in [0.05, 0.1) is 0 Å². The van der Waals surface area contributed by atoms with Crippen LogP contribution in [0, 0.1) is 11.8 Å². The summed E-state index contributed by atoms with van der Waals surface area (Å²) >= 11 is 0. The Balaban J connectivity index is 1.63. The van der Waals surface area contributed by atoms with Crippen molar-refractivity contribution in [2.45, 2.75) is 38.3 Å². The van der Waals surface area contributed by atoms with E-state index >= 15 is 0 Å². The summed E-state index contributed by atoms with van der Waals surface area (Å²) in [7, 11) is 2.28. The fourth-order valence-corrected chi connectivity index (χ4v) is 3.78. The number of nitrogen functional groups attached to an aromatic ring is 1. The minimum Gasteiger partial charge on any atom is -0.399 e. The van der Waals surface area contributed by atoms with Crippen LogP contribution in [0.2, 0.25) is 0 Å². The molecule has 2 bridgehead atoms. The van der Waals surface area contributed by atoms with Crippen molar-refractivity contribution in [1.29, 1.82) is 0 Å². The first-order valence-electron chi connectivity index (χ1n) is 6.77. The van der Waals surface area contributed by atoms with Crippen LogP contribution in [0.1, 0.15) is 31.2 Å². The van der Waals surface area contributed by atoms with Gasteiger partial charge in [0.1, 0.15) is 0 Å². The van der Waals surface area contributed by atoms with Gasteiger partial charge in [-0.05, 0) is 55.8 Å². The second-order valence-corrected chi connectivity index (χ2v) is 5.90. The lowest BCUT2D eigenvalue weighted by molar-refractivity contribution is 0.169. The molecule has 2 fully saturated rings. The van der Waals surface area contributed by atoms with Gasteiger partial charge >= 0.3 is 0 Å². The molecule has 2 aliphatic rings. The number of benzene rings is 1. The molecule has 1 aromatic carbocycles. The third-order valence-corrected chi connectivity index (χ3v) is 4.68. The fraction of sp³-hybridized carbons (Fsp3) is 0.600. The quantitative estimate of drug-likeness (QED) is 0.809. The molecule has 0 heterocycles. The molecule has 3 atom stereocenters. The van der Waals surface area contributed by atoms with E-state index in [-0.39, 0.29) is 0 Å². The van der Waals surface area contributed by atoms with Crippen LogP contribution in [-0.2, 0) is 6.54 Å². The van der Waals surface area contributed by atoms with Crippen molar-refractivity contribution < 1.29 is 0 Å². The lowest BCUT2D eigenvalue weighted by Gasteiger charge is -2.31. The Bertz CT molecular complexity index is 384. The number of rotatable bonds is 3. The number of anilines is 1.